The highest BCUT2D eigenvalue weighted by Gasteiger charge is 2.05. The second kappa shape index (κ2) is 3.55. The average molecular weight is 250 g/mol. The van der Waals surface area contributed by atoms with Crippen molar-refractivity contribution in [1.82, 2.24) is 19.7 Å². The van der Waals surface area contributed by atoms with Crippen LogP contribution < -0.4 is 0 Å². The quantitative estimate of drug-likeness (QED) is 0.764. The zero-order valence-electron chi connectivity index (χ0n) is 6.92. The molecule has 0 aliphatic carbocycles. The first kappa shape index (κ1) is 8.84. The summed E-state index contributed by atoms with van der Waals surface area (Å²) in [6.45, 7) is 0. The summed E-state index contributed by atoms with van der Waals surface area (Å²) in [5, 5.41) is 12.6. The van der Waals surface area contributed by atoms with Gasteiger partial charge in [-0.3, -0.25) is 0 Å². The van der Waals surface area contributed by atoms with Gasteiger partial charge in [0.1, 0.15) is 12.4 Å². The van der Waals surface area contributed by atoms with Gasteiger partial charge in [-0.15, -0.1) is 0 Å². The van der Waals surface area contributed by atoms with Gasteiger partial charge in [-0.05, 0) is 15.9 Å². The summed E-state index contributed by atoms with van der Waals surface area (Å²) in [5.74, 6) is 0.613. The lowest BCUT2D eigenvalue weighted by atomic mass is 10.4. The van der Waals surface area contributed by atoms with Crippen LogP contribution in [0.3, 0.4) is 0 Å². The van der Waals surface area contributed by atoms with E-state index in [1.807, 2.05) is 6.07 Å². The van der Waals surface area contributed by atoms with Crippen molar-refractivity contribution in [3.8, 4) is 11.9 Å². The van der Waals surface area contributed by atoms with Crippen LogP contribution in [-0.2, 0) is 0 Å². The van der Waals surface area contributed by atoms with Gasteiger partial charge < -0.3 is 0 Å². The molecule has 0 spiro atoms. The highest BCUT2D eigenvalue weighted by atomic mass is 79.9. The summed E-state index contributed by atoms with van der Waals surface area (Å²) in [6, 6.07) is 1.99. The molecule has 0 radical (unpaired) electrons. The Morgan fingerprint density at radius 3 is 2.93 bits per heavy atom. The molecule has 0 amide bonds. The van der Waals surface area contributed by atoms with Gasteiger partial charge in [-0.1, -0.05) is 0 Å². The summed E-state index contributed by atoms with van der Waals surface area (Å²) in [6.07, 6.45) is 6.13. The van der Waals surface area contributed by atoms with E-state index in [0.717, 1.165) is 4.47 Å². The van der Waals surface area contributed by atoms with Crippen LogP contribution in [0.4, 0.5) is 0 Å². The predicted octanol–water partition coefficient (Wildman–Crippen LogP) is 1.30. The van der Waals surface area contributed by atoms with Crippen LogP contribution in [0.1, 0.15) is 5.56 Å². The molecule has 0 aliphatic rings. The summed E-state index contributed by atoms with van der Waals surface area (Å²) >= 11 is 3.30. The summed E-state index contributed by atoms with van der Waals surface area (Å²) in [7, 11) is 0. The van der Waals surface area contributed by atoms with Gasteiger partial charge in [0, 0.05) is 6.20 Å². The highest BCUT2D eigenvalue weighted by Crippen LogP contribution is 2.15. The maximum absolute atomic E-state index is 8.62. The molecule has 68 valence electrons. The van der Waals surface area contributed by atoms with Crippen molar-refractivity contribution in [2.24, 2.45) is 0 Å². The number of aromatic nitrogens is 4. The van der Waals surface area contributed by atoms with Gasteiger partial charge in [0.05, 0.1) is 22.4 Å². The molecule has 14 heavy (non-hydrogen) atoms. The Bertz CT molecular complexity index is 498. The van der Waals surface area contributed by atoms with E-state index in [1.54, 1.807) is 12.4 Å². The van der Waals surface area contributed by atoms with Crippen molar-refractivity contribution in [3.05, 3.63) is 35.0 Å². The molecular formula is C8H4BrN5. The highest BCUT2D eigenvalue weighted by molar-refractivity contribution is 9.10. The Balaban J connectivity index is 2.51. The van der Waals surface area contributed by atoms with Crippen LogP contribution in [0.15, 0.2) is 29.4 Å². The molecule has 5 nitrogen and oxygen atoms in total. The SMILES string of the molecule is N#Cc1cnn(-c2ncncc2Br)c1. The van der Waals surface area contributed by atoms with Crippen LogP contribution in [0.25, 0.3) is 5.82 Å². The molecule has 6 heteroatoms. The average Bonchev–Trinajstić information content (AvgIpc) is 2.67. The Morgan fingerprint density at radius 1 is 1.43 bits per heavy atom. The van der Waals surface area contributed by atoms with Crippen LogP contribution >= 0.6 is 15.9 Å². The maximum Gasteiger partial charge on any atom is 0.170 e. The van der Waals surface area contributed by atoms with E-state index in [-0.39, 0.29) is 0 Å². The van der Waals surface area contributed by atoms with E-state index in [0.29, 0.717) is 11.4 Å². The van der Waals surface area contributed by atoms with Crippen LogP contribution in [0.5, 0.6) is 0 Å². The number of halogens is 1. The van der Waals surface area contributed by atoms with Crippen molar-refractivity contribution in [3.63, 3.8) is 0 Å². The monoisotopic (exact) mass is 249 g/mol. The van der Waals surface area contributed by atoms with Gasteiger partial charge in [-0.2, -0.15) is 10.4 Å². The molecule has 2 rings (SSSR count). The fraction of sp³-hybridized carbons (Fsp3) is 0. The number of nitriles is 1. The van der Waals surface area contributed by atoms with Gasteiger partial charge in [-0.25, -0.2) is 14.6 Å². The standard InChI is InChI=1S/C8H4BrN5/c9-7-3-11-5-12-8(7)14-4-6(1-10)2-13-14/h2-5H. The molecule has 0 bridgehead atoms. The number of hydrogen-bond donors (Lipinski definition) is 0. The lowest BCUT2D eigenvalue weighted by Crippen LogP contribution is -1.99. The Hall–Kier alpha value is -1.74. The van der Waals surface area contributed by atoms with E-state index < -0.39 is 0 Å². The maximum atomic E-state index is 8.62. The first-order chi connectivity index (χ1) is 6.81. The smallest absolute Gasteiger partial charge is 0.170 e. The molecule has 0 fully saturated rings. The molecule has 2 aromatic rings. The van der Waals surface area contributed by atoms with Crippen molar-refractivity contribution in [1.29, 1.82) is 5.26 Å². The Kier molecular flexibility index (Phi) is 2.24. The van der Waals surface area contributed by atoms with E-state index in [2.05, 4.69) is 31.0 Å². The minimum atomic E-state index is 0.496. The topological polar surface area (TPSA) is 67.4 Å². The molecule has 0 saturated carbocycles. The van der Waals surface area contributed by atoms with Crippen molar-refractivity contribution >= 4 is 15.9 Å². The van der Waals surface area contributed by atoms with Gasteiger partial charge in [0.25, 0.3) is 0 Å². The molecule has 0 saturated heterocycles. The minimum Gasteiger partial charge on any atom is -0.243 e. The Morgan fingerprint density at radius 2 is 2.29 bits per heavy atom. The summed E-state index contributed by atoms with van der Waals surface area (Å²) in [4.78, 5) is 7.86. The number of rotatable bonds is 1. The van der Waals surface area contributed by atoms with Gasteiger partial charge >= 0.3 is 0 Å². The lowest BCUT2D eigenvalue weighted by molar-refractivity contribution is 0.833. The van der Waals surface area contributed by atoms with E-state index >= 15 is 0 Å². The lowest BCUT2D eigenvalue weighted by Gasteiger charge is -2.00. The molecule has 0 N–H and O–H groups in total. The fourth-order valence-corrected chi connectivity index (χ4v) is 1.37. The Labute approximate surface area is 88.2 Å². The van der Waals surface area contributed by atoms with Crippen molar-refractivity contribution in [2.75, 3.05) is 0 Å². The zero-order chi connectivity index (χ0) is 9.97. The van der Waals surface area contributed by atoms with Crippen LogP contribution in [0, 0.1) is 11.3 Å². The molecule has 0 atom stereocenters. The normalized spacial score (nSPS) is 9.71. The third-order valence-corrected chi connectivity index (χ3v) is 2.14. The van der Waals surface area contributed by atoms with Crippen LogP contribution in [-0.4, -0.2) is 19.7 Å². The third-order valence-electron chi connectivity index (χ3n) is 1.58. The summed E-state index contributed by atoms with van der Waals surface area (Å²) < 4.78 is 2.25. The number of hydrogen-bond acceptors (Lipinski definition) is 4. The third kappa shape index (κ3) is 1.49. The second-order valence-corrected chi connectivity index (χ2v) is 3.33. The zero-order valence-corrected chi connectivity index (χ0v) is 8.51. The van der Waals surface area contributed by atoms with Gasteiger partial charge in [0.2, 0.25) is 0 Å². The van der Waals surface area contributed by atoms with E-state index in [9.17, 15) is 0 Å². The van der Waals surface area contributed by atoms with E-state index in [1.165, 1.54) is 17.2 Å². The first-order valence-corrected chi connectivity index (χ1v) is 4.51. The van der Waals surface area contributed by atoms with Gasteiger partial charge in [0.15, 0.2) is 5.82 Å². The second-order valence-electron chi connectivity index (χ2n) is 2.48. The predicted molar refractivity (Wildman–Crippen MR) is 51.6 cm³/mol. The summed E-state index contributed by atoms with van der Waals surface area (Å²) in [5.41, 5.74) is 0.496. The van der Waals surface area contributed by atoms with Crippen molar-refractivity contribution < 1.29 is 0 Å². The molecular weight excluding hydrogens is 246 g/mol. The molecule has 0 aromatic carbocycles. The van der Waals surface area contributed by atoms with Crippen molar-refractivity contribution in [2.45, 2.75) is 0 Å². The molecule has 0 aliphatic heterocycles. The fourth-order valence-electron chi connectivity index (χ4n) is 0.971. The minimum absolute atomic E-state index is 0.496. The molecule has 2 heterocycles. The molecule has 2 aromatic heterocycles. The largest absolute Gasteiger partial charge is 0.243 e. The molecule has 0 unspecified atom stereocenters. The first-order valence-electron chi connectivity index (χ1n) is 3.72. The number of nitrogens with zero attached hydrogens (tertiary/aromatic N) is 5. The van der Waals surface area contributed by atoms with Crippen LogP contribution in [0.2, 0.25) is 0 Å². The van der Waals surface area contributed by atoms with E-state index in [4.69, 9.17) is 5.26 Å².